The molecule has 0 bridgehead atoms. The van der Waals surface area contributed by atoms with Gasteiger partial charge in [0.15, 0.2) is 0 Å². The van der Waals surface area contributed by atoms with E-state index in [9.17, 15) is 0 Å². The molecular weight excluding hydrogens is 553 g/mol. The van der Waals surface area contributed by atoms with Crippen molar-refractivity contribution in [1.82, 2.24) is 0 Å². The normalized spacial score (nSPS) is 11.7. The van der Waals surface area contributed by atoms with Gasteiger partial charge in [0.2, 0.25) is 0 Å². The van der Waals surface area contributed by atoms with Crippen molar-refractivity contribution in [3.63, 3.8) is 0 Å². The van der Waals surface area contributed by atoms with Crippen LogP contribution >= 0.6 is 0 Å². The number of fused-ring (bicyclic) bond motifs is 4. The van der Waals surface area contributed by atoms with Crippen LogP contribution < -0.4 is 0 Å². The van der Waals surface area contributed by atoms with Gasteiger partial charge in [-0.1, -0.05) is 163 Å². The molecule has 0 N–H and O–H groups in total. The fourth-order valence-electron chi connectivity index (χ4n) is 7.73. The first-order chi connectivity index (χ1) is 22.7. The van der Waals surface area contributed by atoms with Crippen molar-refractivity contribution < 1.29 is 0 Å². The maximum Gasteiger partial charge on any atom is -0.000741 e. The highest BCUT2D eigenvalue weighted by Crippen LogP contribution is 2.58. The molecule has 8 aromatic carbocycles. The molecule has 46 heavy (non-hydrogen) atoms. The zero-order valence-corrected chi connectivity index (χ0v) is 26.0. The van der Waals surface area contributed by atoms with Gasteiger partial charge >= 0.3 is 0 Å². The van der Waals surface area contributed by atoms with E-state index in [0.717, 1.165) is 0 Å². The first-order valence-corrected chi connectivity index (χ1v) is 16.1. The van der Waals surface area contributed by atoms with Crippen molar-refractivity contribution >= 4 is 21.5 Å². The van der Waals surface area contributed by atoms with Gasteiger partial charge in [-0.3, -0.25) is 0 Å². The van der Waals surface area contributed by atoms with Crippen LogP contribution in [0.5, 0.6) is 0 Å². The number of hydrogen-bond donors (Lipinski definition) is 0. The Labute approximate surface area is 270 Å². The highest BCUT2D eigenvalue weighted by atomic mass is 14.3. The standard InChI is InChI=1S/C46H32/c1-29-12-9-18-33(26-29)34-22-23-38-41(28-34)43(32-16-7-4-8-17-32)45-39-21-11-20-37-36(35-19-10-13-30(2)27-35)24-25-40(44(37)39)46(45)42(38)31-14-5-3-6-15-31/h3-28H,1-2H3. The van der Waals surface area contributed by atoms with Gasteiger partial charge in [0.1, 0.15) is 0 Å². The minimum atomic E-state index is 1.24. The first kappa shape index (κ1) is 26.7. The van der Waals surface area contributed by atoms with Crippen LogP contribution in [-0.4, -0.2) is 0 Å². The van der Waals surface area contributed by atoms with Crippen LogP contribution in [0.2, 0.25) is 0 Å². The predicted molar refractivity (Wildman–Crippen MR) is 197 cm³/mol. The van der Waals surface area contributed by atoms with Crippen LogP contribution in [0.4, 0.5) is 0 Å². The summed E-state index contributed by atoms with van der Waals surface area (Å²) in [5.74, 6) is 0. The lowest BCUT2D eigenvalue weighted by atomic mass is 9.81. The first-order valence-electron chi connectivity index (χ1n) is 16.1. The van der Waals surface area contributed by atoms with E-state index < -0.39 is 0 Å². The second-order valence-corrected chi connectivity index (χ2v) is 12.6. The minimum absolute atomic E-state index is 1.24. The Hall–Kier alpha value is -5.72. The number of rotatable bonds is 4. The summed E-state index contributed by atoms with van der Waals surface area (Å²) < 4.78 is 0. The third kappa shape index (κ3) is 4.07. The van der Waals surface area contributed by atoms with E-state index in [4.69, 9.17) is 0 Å². The summed E-state index contributed by atoms with van der Waals surface area (Å²) >= 11 is 0. The Bertz CT molecular complexity index is 2460. The highest BCUT2D eigenvalue weighted by Gasteiger charge is 2.31. The molecule has 0 unspecified atom stereocenters. The van der Waals surface area contributed by atoms with Crippen LogP contribution in [0.15, 0.2) is 158 Å². The van der Waals surface area contributed by atoms with Crippen molar-refractivity contribution in [2.75, 3.05) is 0 Å². The van der Waals surface area contributed by atoms with E-state index in [0.29, 0.717) is 0 Å². The molecule has 0 aromatic heterocycles. The van der Waals surface area contributed by atoms with E-state index in [-0.39, 0.29) is 0 Å². The fourth-order valence-corrected chi connectivity index (χ4v) is 7.73. The molecule has 0 nitrogen and oxygen atoms in total. The van der Waals surface area contributed by atoms with Crippen molar-refractivity contribution in [3.8, 4) is 66.8 Å². The lowest BCUT2D eigenvalue weighted by molar-refractivity contribution is 1.47. The van der Waals surface area contributed by atoms with E-state index >= 15 is 0 Å². The summed E-state index contributed by atoms with van der Waals surface area (Å²) in [5.41, 5.74) is 18.0. The van der Waals surface area contributed by atoms with Crippen LogP contribution in [0.3, 0.4) is 0 Å². The molecule has 1 aliphatic carbocycles. The molecule has 1 aliphatic rings. The quantitative estimate of drug-likeness (QED) is 0.193. The van der Waals surface area contributed by atoms with E-state index in [1.807, 2.05) is 0 Å². The number of benzene rings is 8. The van der Waals surface area contributed by atoms with Crippen molar-refractivity contribution in [2.24, 2.45) is 0 Å². The third-order valence-electron chi connectivity index (χ3n) is 9.69. The van der Waals surface area contributed by atoms with E-state index in [1.165, 1.54) is 99.4 Å². The third-order valence-corrected chi connectivity index (χ3v) is 9.69. The van der Waals surface area contributed by atoms with Gasteiger partial charge < -0.3 is 0 Å². The molecule has 0 saturated carbocycles. The highest BCUT2D eigenvalue weighted by molar-refractivity contribution is 6.29. The largest absolute Gasteiger partial charge is 0.0622 e. The van der Waals surface area contributed by atoms with Crippen molar-refractivity contribution in [3.05, 3.63) is 169 Å². The maximum absolute atomic E-state index is 2.43. The summed E-state index contributed by atoms with van der Waals surface area (Å²) in [4.78, 5) is 0. The van der Waals surface area contributed by atoms with Crippen LogP contribution in [0.1, 0.15) is 11.1 Å². The summed E-state index contributed by atoms with van der Waals surface area (Å²) in [5, 5.41) is 5.22. The van der Waals surface area contributed by atoms with Crippen molar-refractivity contribution in [2.45, 2.75) is 13.8 Å². The van der Waals surface area contributed by atoms with Gasteiger partial charge in [-0.15, -0.1) is 0 Å². The van der Waals surface area contributed by atoms with Gasteiger partial charge in [0.25, 0.3) is 0 Å². The Morgan fingerprint density at radius 3 is 1.48 bits per heavy atom. The van der Waals surface area contributed by atoms with Gasteiger partial charge in [-0.2, -0.15) is 0 Å². The smallest absolute Gasteiger partial charge is 0.000741 e. The Morgan fingerprint density at radius 2 is 0.804 bits per heavy atom. The predicted octanol–water partition coefficient (Wildman–Crippen LogP) is 12.9. The molecule has 0 atom stereocenters. The second kappa shape index (κ2) is 10.4. The average molecular weight is 585 g/mol. The monoisotopic (exact) mass is 584 g/mol. The molecule has 0 amide bonds. The van der Waals surface area contributed by atoms with Gasteiger partial charge in [-0.25, -0.2) is 0 Å². The van der Waals surface area contributed by atoms with Gasteiger partial charge in [0, 0.05) is 0 Å². The zero-order chi connectivity index (χ0) is 30.8. The molecule has 0 fully saturated rings. The van der Waals surface area contributed by atoms with Crippen LogP contribution in [0, 0.1) is 13.8 Å². The summed E-state index contributed by atoms with van der Waals surface area (Å²) in [6, 6.07) is 58.5. The zero-order valence-electron chi connectivity index (χ0n) is 26.0. The molecule has 216 valence electrons. The van der Waals surface area contributed by atoms with Gasteiger partial charge in [-0.05, 0) is 108 Å². The number of hydrogen-bond acceptors (Lipinski definition) is 0. The molecule has 0 spiro atoms. The molecule has 0 radical (unpaired) electrons. The number of aryl methyl sites for hydroxylation is 2. The summed E-state index contributed by atoms with van der Waals surface area (Å²) in [6.07, 6.45) is 0. The summed E-state index contributed by atoms with van der Waals surface area (Å²) in [7, 11) is 0. The maximum atomic E-state index is 2.43. The topological polar surface area (TPSA) is 0 Å². The van der Waals surface area contributed by atoms with Crippen LogP contribution in [0.25, 0.3) is 88.3 Å². The molecule has 9 rings (SSSR count). The molecule has 0 aliphatic heterocycles. The van der Waals surface area contributed by atoms with Crippen molar-refractivity contribution in [1.29, 1.82) is 0 Å². The fraction of sp³-hybridized carbons (Fsp3) is 0.0435. The van der Waals surface area contributed by atoms with E-state index in [2.05, 4.69) is 172 Å². The lowest BCUT2D eigenvalue weighted by Gasteiger charge is -2.21. The molecule has 0 saturated heterocycles. The molecule has 0 heteroatoms. The average Bonchev–Trinajstić information content (AvgIpc) is 3.43. The lowest BCUT2D eigenvalue weighted by Crippen LogP contribution is -1.94. The Morgan fingerprint density at radius 1 is 0.283 bits per heavy atom. The SMILES string of the molecule is Cc1cccc(-c2ccc3c(-c4ccccc4)c4c(c(-c5ccccc5)c3c2)-c2cccc3c(-c5cccc(C)c5)ccc-4c23)c1. The van der Waals surface area contributed by atoms with Crippen LogP contribution in [-0.2, 0) is 0 Å². The second-order valence-electron chi connectivity index (χ2n) is 12.6. The molecule has 0 heterocycles. The molecule has 8 aromatic rings. The Balaban J connectivity index is 1.46. The van der Waals surface area contributed by atoms with Gasteiger partial charge in [0.05, 0.1) is 0 Å². The summed E-state index contributed by atoms with van der Waals surface area (Å²) in [6.45, 7) is 4.34. The minimum Gasteiger partial charge on any atom is -0.0622 e. The Kier molecular flexibility index (Phi) is 6.05. The molecular formula is C46H32. The van der Waals surface area contributed by atoms with E-state index in [1.54, 1.807) is 0 Å².